The van der Waals surface area contributed by atoms with E-state index in [1.165, 1.54) is 10.8 Å². The molecule has 0 spiro atoms. The molecule has 1 N–H and O–H groups in total. The van der Waals surface area contributed by atoms with Crippen LogP contribution in [0.1, 0.15) is 12.6 Å². The van der Waals surface area contributed by atoms with Crippen molar-refractivity contribution in [3.63, 3.8) is 0 Å². The van der Waals surface area contributed by atoms with Crippen LogP contribution >= 0.6 is 11.3 Å². The van der Waals surface area contributed by atoms with E-state index in [9.17, 15) is 0 Å². The minimum atomic E-state index is 1.11. The third-order valence-corrected chi connectivity index (χ3v) is 2.71. The van der Waals surface area contributed by atoms with Gasteiger partial charge in [0.1, 0.15) is 5.69 Å². The lowest BCUT2D eigenvalue weighted by Gasteiger charge is -1.92. The molecule has 1 rings (SSSR count). The van der Waals surface area contributed by atoms with Gasteiger partial charge in [-0.1, -0.05) is 18.3 Å². The van der Waals surface area contributed by atoms with Gasteiger partial charge in [-0.25, -0.2) is 4.57 Å². The van der Waals surface area contributed by atoms with Crippen LogP contribution in [-0.4, -0.2) is 7.05 Å². The van der Waals surface area contributed by atoms with Crippen LogP contribution < -0.4 is 9.88 Å². The third kappa shape index (κ3) is 1.14. The molecule has 0 saturated carbocycles. The van der Waals surface area contributed by atoms with Crippen LogP contribution in [0.4, 0.5) is 5.13 Å². The molecule has 10 heavy (non-hydrogen) atoms. The predicted octanol–water partition coefficient (Wildman–Crippen LogP) is 1.18. The number of aryl methyl sites for hydroxylation is 1. The van der Waals surface area contributed by atoms with Crippen LogP contribution in [-0.2, 0) is 13.5 Å². The zero-order valence-electron chi connectivity index (χ0n) is 6.64. The summed E-state index contributed by atoms with van der Waals surface area (Å²) < 4.78 is 2.19. The Labute approximate surface area is 65.5 Å². The lowest BCUT2D eigenvalue weighted by atomic mass is 10.4. The number of aromatic nitrogens is 1. The van der Waals surface area contributed by atoms with Gasteiger partial charge in [0.05, 0.1) is 14.1 Å². The van der Waals surface area contributed by atoms with Gasteiger partial charge < -0.3 is 0 Å². The molecule has 0 aromatic carbocycles. The zero-order valence-corrected chi connectivity index (χ0v) is 7.46. The molecule has 1 heterocycles. The molecule has 1 aromatic rings. The predicted molar refractivity (Wildman–Crippen MR) is 44.4 cm³/mol. The summed E-state index contributed by atoms with van der Waals surface area (Å²) >= 11 is 1.75. The molecule has 0 atom stereocenters. The topological polar surface area (TPSA) is 15.9 Å². The summed E-state index contributed by atoms with van der Waals surface area (Å²) in [5, 5.41) is 6.54. The van der Waals surface area contributed by atoms with Gasteiger partial charge in [0.25, 0.3) is 0 Å². The molecule has 0 aliphatic rings. The number of nitrogens with zero attached hydrogens (tertiary/aromatic N) is 1. The Balaban J connectivity index is 2.97. The van der Waals surface area contributed by atoms with E-state index in [2.05, 4.69) is 29.2 Å². The maximum atomic E-state index is 3.13. The van der Waals surface area contributed by atoms with Crippen molar-refractivity contribution in [3.8, 4) is 0 Å². The van der Waals surface area contributed by atoms with Crippen molar-refractivity contribution in [2.24, 2.45) is 7.05 Å². The van der Waals surface area contributed by atoms with Crippen LogP contribution in [0.25, 0.3) is 0 Å². The molecule has 0 amide bonds. The molecule has 0 bridgehead atoms. The molecule has 0 saturated heterocycles. The van der Waals surface area contributed by atoms with E-state index in [1.54, 1.807) is 11.3 Å². The first-order valence-electron chi connectivity index (χ1n) is 3.43. The van der Waals surface area contributed by atoms with E-state index < -0.39 is 0 Å². The Bertz CT molecular complexity index is 196. The minimum Gasteiger partial charge on any atom is -0.268 e. The number of thiazole rings is 1. The van der Waals surface area contributed by atoms with Crippen molar-refractivity contribution in [2.75, 3.05) is 12.4 Å². The average Bonchev–Trinajstić information content (AvgIpc) is 2.30. The van der Waals surface area contributed by atoms with Crippen molar-refractivity contribution >= 4 is 16.5 Å². The summed E-state index contributed by atoms with van der Waals surface area (Å²) in [4.78, 5) is 0. The van der Waals surface area contributed by atoms with Crippen molar-refractivity contribution < 1.29 is 4.57 Å². The third-order valence-electron chi connectivity index (χ3n) is 1.62. The highest BCUT2D eigenvalue weighted by atomic mass is 32.1. The van der Waals surface area contributed by atoms with Crippen molar-refractivity contribution in [2.45, 2.75) is 13.3 Å². The highest BCUT2D eigenvalue weighted by Gasteiger charge is 2.08. The quantitative estimate of drug-likeness (QED) is 0.637. The highest BCUT2D eigenvalue weighted by molar-refractivity contribution is 7.13. The van der Waals surface area contributed by atoms with Crippen LogP contribution in [0, 0.1) is 0 Å². The van der Waals surface area contributed by atoms with Crippen LogP contribution in [0.5, 0.6) is 0 Å². The van der Waals surface area contributed by atoms with Crippen LogP contribution in [0.2, 0.25) is 0 Å². The molecule has 0 radical (unpaired) electrons. The Morgan fingerprint density at radius 1 is 1.70 bits per heavy atom. The fraction of sp³-hybridized carbons (Fsp3) is 0.571. The van der Waals surface area contributed by atoms with E-state index in [1.807, 2.05) is 7.05 Å². The van der Waals surface area contributed by atoms with Gasteiger partial charge in [-0.05, 0) is 0 Å². The second kappa shape index (κ2) is 3.01. The second-order valence-electron chi connectivity index (χ2n) is 2.19. The summed E-state index contributed by atoms with van der Waals surface area (Å²) in [6.07, 6.45) is 1.11. The minimum absolute atomic E-state index is 1.11. The molecular weight excluding hydrogens is 144 g/mol. The zero-order chi connectivity index (χ0) is 7.56. The smallest absolute Gasteiger partial charge is 0.268 e. The fourth-order valence-electron chi connectivity index (χ4n) is 0.960. The molecule has 56 valence electrons. The average molecular weight is 157 g/mol. The van der Waals surface area contributed by atoms with Gasteiger partial charge in [-0.15, -0.1) is 0 Å². The summed E-state index contributed by atoms with van der Waals surface area (Å²) in [5.74, 6) is 0. The molecule has 1 aromatic heterocycles. The lowest BCUT2D eigenvalue weighted by molar-refractivity contribution is -0.660. The van der Waals surface area contributed by atoms with E-state index in [-0.39, 0.29) is 0 Å². The molecule has 2 nitrogen and oxygen atoms in total. The highest BCUT2D eigenvalue weighted by Crippen LogP contribution is 2.11. The Morgan fingerprint density at radius 2 is 2.40 bits per heavy atom. The van der Waals surface area contributed by atoms with Gasteiger partial charge in [-0.3, -0.25) is 5.32 Å². The van der Waals surface area contributed by atoms with Gasteiger partial charge in [0.2, 0.25) is 0 Å². The summed E-state index contributed by atoms with van der Waals surface area (Å²) in [6.45, 7) is 2.17. The molecule has 0 unspecified atom stereocenters. The maximum Gasteiger partial charge on any atom is 0.333 e. The van der Waals surface area contributed by atoms with Crippen molar-refractivity contribution in [3.05, 3.63) is 11.1 Å². The summed E-state index contributed by atoms with van der Waals surface area (Å²) in [5.41, 5.74) is 1.38. The monoisotopic (exact) mass is 157 g/mol. The molecule has 3 heteroatoms. The number of anilines is 1. The van der Waals surface area contributed by atoms with Crippen molar-refractivity contribution in [1.82, 2.24) is 0 Å². The van der Waals surface area contributed by atoms with Gasteiger partial charge >= 0.3 is 5.13 Å². The maximum absolute atomic E-state index is 3.13. The van der Waals surface area contributed by atoms with E-state index in [4.69, 9.17) is 0 Å². The van der Waals surface area contributed by atoms with E-state index in [0.29, 0.717) is 0 Å². The fourth-order valence-corrected chi connectivity index (χ4v) is 1.93. The van der Waals surface area contributed by atoms with Crippen LogP contribution in [0.3, 0.4) is 0 Å². The summed E-state index contributed by atoms with van der Waals surface area (Å²) in [7, 11) is 4.03. The first-order valence-corrected chi connectivity index (χ1v) is 4.31. The largest absolute Gasteiger partial charge is 0.333 e. The van der Waals surface area contributed by atoms with Crippen LogP contribution in [0.15, 0.2) is 5.38 Å². The normalized spacial score (nSPS) is 9.90. The molecule has 0 fully saturated rings. The lowest BCUT2D eigenvalue weighted by Crippen LogP contribution is -2.32. The number of rotatable bonds is 2. The molecule has 0 aliphatic carbocycles. The van der Waals surface area contributed by atoms with E-state index in [0.717, 1.165) is 6.42 Å². The Kier molecular flexibility index (Phi) is 2.27. The molecule has 0 aliphatic heterocycles. The SMILES string of the molecule is CCc1csc(NC)[n+]1C. The Hall–Kier alpha value is -0.570. The van der Waals surface area contributed by atoms with Gasteiger partial charge in [-0.2, -0.15) is 0 Å². The van der Waals surface area contributed by atoms with E-state index >= 15 is 0 Å². The number of hydrogen-bond donors (Lipinski definition) is 1. The first-order chi connectivity index (χ1) is 4.79. The van der Waals surface area contributed by atoms with Gasteiger partial charge in [0.15, 0.2) is 0 Å². The van der Waals surface area contributed by atoms with Gasteiger partial charge in [0, 0.05) is 11.8 Å². The second-order valence-corrected chi connectivity index (χ2v) is 3.05. The van der Waals surface area contributed by atoms with Crippen molar-refractivity contribution in [1.29, 1.82) is 0 Å². The standard InChI is InChI=1S/C7H12N2S/c1-4-6-5-10-7(8-2)9(6)3/h5H,4H2,1-3H3/p+1. The Morgan fingerprint density at radius 3 is 2.70 bits per heavy atom. The summed E-state index contributed by atoms with van der Waals surface area (Å²) in [6, 6.07) is 0. The first kappa shape index (κ1) is 7.54. The number of nitrogens with one attached hydrogen (secondary N) is 1. The number of hydrogen-bond acceptors (Lipinski definition) is 2. The molecular formula is C7H13N2S+.